The van der Waals surface area contributed by atoms with Crippen LogP contribution in [0.3, 0.4) is 0 Å². The van der Waals surface area contributed by atoms with Crippen molar-refractivity contribution >= 4 is 17.7 Å². The van der Waals surface area contributed by atoms with Gasteiger partial charge >= 0.3 is 12.3 Å². The number of alkyl carbamates (subject to hydrolysis) is 1. The largest absolute Gasteiger partial charge is 0.444 e. The maximum atomic E-state index is 12.8. The Morgan fingerprint density at radius 1 is 1.36 bits per heavy atom. The van der Waals surface area contributed by atoms with Gasteiger partial charge in [-0.25, -0.2) is 4.79 Å². The first-order valence-electron chi connectivity index (χ1n) is 6.41. The number of rotatable bonds is 3. The van der Waals surface area contributed by atoms with Crippen LogP contribution in [0.2, 0.25) is 5.02 Å². The number of hydrogen-bond donors (Lipinski definition) is 2. The first-order chi connectivity index (χ1) is 9.94. The Hall–Kier alpha value is -1.47. The minimum absolute atomic E-state index is 0.0742. The summed E-state index contributed by atoms with van der Waals surface area (Å²) in [6, 6.07) is 2.13. The van der Waals surface area contributed by atoms with Gasteiger partial charge < -0.3 is 15.2 Å². The summed E-state index contributed by atoms with van der Waals surface area (Å²) in [5, 5.41) is 11.2. The number of benzene rings is 1. The van der Waals surface area contributed by atoms with Crippen LogP contribution in [-0.2, 0) is 10.9 Å². The number of halogens is 4. The predicted octanol–water partition coefficient (Wildman–Crippen LogP) is 3.92. The van der Waals surface area contributed by atoms with Crippen molar-refractivity contribution in [1.82, 2.24) is 5.32 Å². The smallest absolute Gasteiger partial charge is 0.417 e. The summed E-state index contributed by atoms with van der Waals surface area (Å²) in [4.78, 5) is 11.7. The van der Waals surface area contributed by atoms with Gasteiger partial charge in [-0.3, -0.25) is 0 Å². The van der Waals surface area contributed by atoms with E-state index in [1.165, 1.54) is 6.07 Å². The van der Waals surface area contributed by atoms with Crippen LogP contribution in [0.15, 0.2) is 18.2 Å². The molecule has 1 amide bonds. The summed E-state index contributed by atoms with van der Waals surface area (Å²) in [6.45, 7) is 4.35. The van der Waals surface area contributed by atoms with E-state index in [1.807, 2.05) is 0 Å². The molecule has 0 aliphatic rings. The number of carbonyl (C=O) groups excluding carboxylic acids is 1. The number of ether oxygens (including phenoxy) is 1. The van der Waals surface area contributed by atoms with E-state index in [0.29, 0.717) is 0 Å². The average Bonchev–Trinajstić information content (AvgIpc) is 2.33. The minimum atomic E-state index is -4.63. The van der Waals surface area contributed by atoms with Gasteiger partial charge in [0, 0.05) is 0 Å². The zero-order valence-corrected chi connectivity index (χ0v) is 13.0. The van der Waals surface area contributed by atoms with Crippen molar-refractivity contribution in [2.75, 3.05) is 6.61 Å². The molecule has 0 fully saturated rings. The molecule has 2 N–H and O–H groups in total. The predicted molar refractivity (Wildman–Crippen MR) is 75.7 cm³/mol. The van der Waals surface area contributed by atoms with Crippen LogP contribution < -0.4 is 5.32 Å². The maximum Gasteiger partial charge on any atom is 0.417 e. The molecule has 0 aromatic heterocycles. The number of aliphatic hydroxyl groups excluding tert-OH is 1. The van der Waals surface area contributed by atoms with Crippen molar-refractivity contribution in [3.63, 3.8) is 0 Å². The van der Waals surface area contributed by atoms with E-state index in [9.17, 15) is 23.1 Å². The molecule has 0 spiro atoms. The molecule has 1 rings (SSSR count). The zero-order valence-electron chi connectivity index (χ0n) is 12.3. The SMILES string of the molecule is CC(C)(C)OC(=O)N[C@H](CO)c1ccc(Cl)c(C(F)(F)F)c1. The van der Waals surface area contributed by atoms with E-state index < -0.39 is 41.1 Å². The molecule has 0 aliphatic carbocycles. The van der Waals surface area contributed by atoms with E-state index in [-0.39, 0.29) is 5.56 Å². The third-order valence-corrected chi connectivity index (χ3v) is 2.90. The summed E-state index contributed by atoms with van der Waals surface area (Å²) in [5.41, 5.74) is -1.72. The highest BCUT2D eigenvalue weighted by molar-refractivity contribution is 6.31. The van der Waals surface area contributed by atoms with Crippen molar-refractivity contribution in [2.24, 2.45) is 0 Å². The fraction of sp³-hybridized carbons (Fsp3) is 0.500. The molecule has 1 aromatic carbocycles. The highest BCUT2D eigenvalue weighted by Crippen LogP contribution is 2.36. The summed E-state index contributed by atoms with van der Waals surface area (Å²) in [5.74, 6) is 0. The van der Waals surface area contributed by atoms with Crippen LogP contribution in [0.4, 0.5) is 18.0 Å². The van der Waals surface area contributed by atoms with Gasteiger partial charge in [0.1, 0.15) is 5.60 Å². The van der Waals surface area contributed by atoms with Gasteiger partial charge in [-0.05, 0) is 38.5 Å². The van der Waals surface area contributed by atoms with E-state index in [1.54, 1.807) is 20.8 Å². The zero-order chi connectivity index (χ0) is 17.1. The Morgan fingerprint density at radius 2 is 1.95 bits per heavy atom. The molecule has 0 radical (unpaired) electrons. The third kappa shape index (κ3) is 5.38. The third-order valence-electron chi connectivity index (χ3n) is 2.57. The van der Waals surface area contributed by atoms with Crippen LogP contribution in [0, 0.1) is 0 Å². The Morgan fingerprint density at radius 3 is 2.41 bits per heavy atom. The lowest BCUT2D eigenvalue weighted by atomic mass is 10.0. The lowest BCUT2D eigenvalue weighted by Gasteiger charge is -2.23. The van der Waals surface area contributed by atoms with Gasteiger partial charge in [0.2, 0.25) is 0 Å². The lowest BCUT2D eigenvalue weighted by molar-refractivity contribution is -0.137. The van der Waals surface area contributed by atoms with Crippen LogP contribution in [0.1, 0.15) is 37.9 Å². The molecule has 0 unspecified atom stereocenters. The van der Waals surface area contributed by atoms with Crippen molar-refractivity contribution in [2.45, 2.75) is 38.6 Å². The molecule has 0 heterocycles. The number of aliphatic hydroxyl groups is 1. The van der Waals surface area contributed by atoms with Gasteiger partial charge in [0.15, 0.2) is 0 Å². The molecule has 1 aromatic rings. The number of alkyl halides is 3. The second-order valence-electron chi connectivity index (χ2n) is 5.62. The highest BCUT2D eigenvalue weighted by Gasteiger charge is 2.34. The number of amides is 1. The molecule has 0 saturated carbocycles. The molecular weight excluding hydrogens is 323 g/mol. The van der Waals surface area contributed by atoms with Gasteiger partial charge in [-0.1, -0.05) is 17.7 Å². The normalized spacial score (nSPS) is 13.6. The molecule has 1 atom stereocenters. The summed E-state index contributed by atoms with van der Waals surface area (Å²) in [6.07, 6.45) is -5.46. The first-order valence-corrected chi connectivity index (χ1v) is 6.79. The van der Waals surface area contributed by atoms with Crippen LogP contribution in [0.5, 0.6) is 0 Å². The molecule has 124 valence electrons. The van der Waals surface area contributed by atoms with Crippen molar-refractivity contribution in [3.05, 3.63) is 34.3 Å². The lowest BCUT2D eigenvalue weighted by Crippen LogP contribution is -2.36. The summed E-state index contributed by atoms with van der Waals surface area (Å²) in [7, 11) is 0. The number of nitrogens with one attached hydrogen (secondary N) is 1. The van der Waals surface area contributed by atoms with Crippen molar-refractivity contribution < 1.29 is 27.8 Å². The molecule has 0 aliphatic heterocycles. The standard InChI is InChI=1S/C14H17ClF3NO3/c1-13(2,3)22-12(21)19-11(7-20)8-4-5-10(15)9(6-8)14(16,17)18/h4-6,11,20H,7H2,1-3H3,(H,19,21)/t11-/m1/s1. The van der Waals surface area contributed by atoms with Gasteiger partial charge in [0.05, 0.1) is 23.2 Å². The molecular formula is C14H17ClF3NO3. The van der Waals surface area contributed by atoms with Crippen LogP contribution in [-0.4, -0.2) is 23.4 Å². The van der Waals surface area contributed by atoms with Crippen molar-refractivity contribution in [3.8, 4) is 0 Å². The monoisotopic (exact) mass is 339 g/mol. The Kier molecular flexibility index (Phi) is 5.70. The van der Waals surface area contributed by atoms with E-state index in [0.717, 1.165) is 12.1 Å². The van der Waals surface area contributed by atoms with E-state index in [2.05, 4.69) is 5.32 Å². The summed E-state index contributed by atoms with van der Waals surface area (Å²) < 4.78 is 43.5. The second-order valence-corrected chi connectivity index (χ2v) is 6.03. The Labute approximate surface area is 131 Å². The number of carbonyl (C=O) groups is 1. The van der Waals surface area contributed by atoms with Crippen LogP contribution in [0.25, 0.3) is 0 Å². The minimum Gasteiger partial charge on any atom is -0.444 e. The maximum absolute atomic E-state index is 12.8. The topological polar surface area (TPSA) is 58.6 Å². The van der Waals surface area contributed by atoms with Gasteiger partial charge in [-0.2, -0.15) is 13.2 Å². The fourth-order valence-corrected chi connectivity index (χ4v) is 1.89. The van der Waals surface area contributed by atoms with E-state index in [4.69, 9.17) is 16.3 Å². The van der Waals surface area contributed by atoms with Crippen LogP contribution >= 0.6 is 11.6 Å². The molecule has 8 heteroatoms. The quantitative estimate of drug-likeness (QED) is 0.877. The average molecular weight is 340 g/mol. The number of hydrogen-bond acceptors (Lipinski definition) is 3. The van der Waals surface area contributed by atoms with Gasteiger partial charge in [0.25, 0.3) is 0 Å². The summed E-state index contributed by atoms with van der Waals surface area (Å²) >= 11 is 5.53. The van der Waals surface area contributed by atoms with Gasteiger partial charge in [-0.15, -0.1) is 0 Å². The van der Waals surface area contributed by atoms with Crippen molar-refractivity contribution in [1.29, 1.82) is 0 Å². The Balaban J connectivity index is 2.99. The molecule has 4 nitrogen and oxygen atoms in total. The molecule has 0 saturated heterocycles. The molecule has 22 heavy (non-hydrogen) atoms. The highest BCUT2D eigenvalue weighted by atomic mass is 35.5. The fourth-order valence-electron chi connectivity index (χ4n) is 1.66. The van der Waals surface area contributed by atoms with E-state index >= 15 is 0 Å². The second kappa shape index (κ2) is 6.75. The first kappa shape index (κ1) is 18.6. The molecule has 0 bridgehead atoms. The Bertz CT molecular complexity index is 541.